The van der Waals surface area contributed by atoms with Crippen LogP contribution in [0.3, 0.4) is 0 Å². The lowest BCUT2D eigenvalue weighted by molar-refractivity contribution is -0.117. The predicted octanol–water partition coefficient (Wildman–Crippen LogP) is 3.67. The number of ether oxygens (including phenoxy) is 1. The minimum Gasteiger partial charge on any atom is -0.494 e. The maximum Gasteiger partial charge on any atom is 0.232 e. The lowest BCUT2D eigenvalue weighted by Crippen LogP contribution is -2.14. The summed E-state index contributed by atoms with van der Waals surface area (Å²) in [5, 5.41) is 3.01. The molecule has 0 spiro atoms. The topological polar surface area (TPSA) is 38.3 Å². The summed E-state index contributed by atoms with van der Waals surface area (Å²) < 4.78 is 5.66. The molecule has 108 valence electrons. The van der Waals surface area contributed by atoms with Crippen LogP contribution in [0.2, 0.25) is 0 Å². The van der Waals surface area contributed by atoms with Crippen molar-refractivity contribution in [1.29, 1.82) is 0 Å². The van der Waals surface area contributed by atoms with Gasteiger partial charge in [-0.2, -0.15) is 0 Å². The third kappa shape index (κ3) is 2.51. The van der Waals surface area contributed by atoms with Gasteiger partial charge in [-0.3, -0.25) is 4.79 Å². The number of para-hydroxylation sites is 2. The van der Waals surface area contributed by atoms with Gasteiger partial charge < -0.3 is 10.1 Å². The number of benzene rings is 2. The normalized spacial score (nSPS) is 16.5. The minimum atomic E-state index is -0.137. The molecule has 0 aromatic heterocycles. The smallest absolute Gasteiger partial charge is 0.232 e. The van der Waals surface area contributed by atoms with Gasteiger partial charge >= 0.3 is 0 Å². The molecule has 2 aromatic carbocycles. The monoisotopic (exact) mass is 281 g/mol. The fourth-order valence-electron chi connectivity index (χ4n) is 2.89. The van der Waals surface area contributed by atoms with Crippen LogP contribution in [0.5, 0.6) is 5.75 Å². The van der Waals surface area contributed by atoms with Crippen molar-refractivity contribution >= 4 is 11.6 Å². The first-order chi connectivity index (χ1) is 10.2. The van der Waals surface area contributed by atoms with Gasteiger partial charge in [0.15, 0.2) is 0 Å². The van der Waals surface area contributed by atoms with E-state index >= 15 is 0 Å². The zero-order chi connectivity index (χ0) is 14.8. The molecule has 0 unspecified atom stereocenters. The molecule has 0 saturated heterocycles. The summed E-state index contributed by atoms with van der Waals surface area (Å²) in [6.45, 7) is 4.62. The van der Waals surface area contributed by atoms with E-state index in [1.165, 1.54) is 0 Å². The summed E-state index contributed by atoms with van der Waals surface area (Å²) in [4.78, 5) is 12.3. The third-order valence-corrected chi connectivity index (χ3v) is 3.94. The Morgan fingerprint density at radius 3 is 2.76 bits per heavy atom. The number of rotatable bonds is 4. The summed E-state index contributed by atoms with van der Waals surface area (Å²) in [7, 11) is 0. The van der Waals surface area contributed by atoms with E-state index in [-0.39, 0.29) is 11.8 Å². The van der Waals surface area contributed by atoms with Crippen molar-refractivity contribution < 1.29 is 9.53 Å². The molecule has 1 amide bonds. The van der Waals surface area contributed by atoms with Crippen LogP contribution < -0.4 is 10.1 Å². The van der Waals surface area contributed by atoms with Gasteiger partial charge in [-0.05, 0) is 43.0 Å². The highest BCUT2D eigenvalue weighted by molar-refractivity contribution is 6.03. The Morgan fingerprint density at radius 1 is 1.14 bits per heavy atom. The summed E-state index contributed by atoms with van der Waals surface area (Å²) in [6.07, 6.45) is 0.665. The molecule has 2 aromatic rings. The molecule has 0 bridgehead atoms. The van der Waals surface area contributed by atoms with Crippen molar-refractivity contribution in [1.82, 2.24) is 0 Å². The lowest BCUT2D eigenvalue weighted by Gasteiger charge is -2.13. The van der Waals surface area contributed by atoms with Crippen LogP contribution in [0.4, 0.5) is 5.69 Å². The number of carbonyl (C=O) groups excluding carboxylic acids is 1. The highest BCUT2D eigenvalue weighted by Crippen LogP contribution is 2.38. The number of anilines is 1. The standard InChI is InChI=1S/C18H19NO2/c1-3-21-16-10-5-4-8-13(16)11-15-14-9-6-7-12(2)17(14)19-18(15)20/h4-10,15H,3,11H2,1-2H3,(H,19,20)/t15-/m0/s1. The molecule has 3 heteroatoms. The van der Waals surface area contributed by atoms with Gasteiger partial charge in [0.05, 0.1) is 12.5 Å². The van der Waals surface area contributed by atoms with Crippen LogP contribution in [0.25, 0.3) is 0 Å². The van der Waals surface area contributed by atoms with E-state index in [1.54, 1.807) is 0 Å². The second kappa shape index (κ2) is 5.60. The van der Waals surface area contributed by atoms with Crippen LogP contribution >= 0.6 is 0 Å². The molecule has 0 radical (unpaired) electrons. The molecule has 1 aliphatic heterocycles. The largest absolute Gasteiger partial charge is 0.494 e. The molecule has 0 aliphatic carbocycles. The minimum absolute atomic E-state index is 0.0746. The van der Waals surface area contributed by atoms with Gasteiger partial charge in [-0.1, -0.05) is 36.4 Å². The predicted molar refractivity (Wildman–Crippen MR) is 83.9 cm³/mol. The van der Waals surface area contributed by atoms with Crippen molar-refractivity contribution in [2.75, 3.05) is 11.9 Å². The van der Waals surface area contributed by atoms with Crippen molar-refractivity contribution in [2.45, 2.75) is 26.2 Å². The van der Waals surface area contributed by atoms with E-state index in [9.17, 15) is 4.79 Å². The molecular formula is C18H19NO2. The summed E-state index contributed by atoms with van der Waals surface area (Å²) in [5.41, 5.74) is 4.25. The van der Waals surface area contributed by atoms with Gasteiger partial charge in [-0.25, -0.2) is 0 Å². The molecule has 1 N–H and O–H groups in total. The summed E-state index contributed by atoms with van der Waals surface area (Å²) in [5.74, 6) is 0.806. The molecular weight excluding hydrogens is 262 g/mol. The Bertz CT molecular complexity index is 679. The quantitative estimate of drug-likeness (QED) is 0.928. The zero-order valence-electron chi connectivity index (χ0n) is 12.3. The Hall–Kier alpha value is -2.29. The first-order valence-electron chi connectivity index (χ1n) is 7.31. The van der Waals surface area contributed by atoms with Crippen LogP contribution in [0.15, 0.2) is 42.5 Å². The van der Waals surface area contributed by atoms with E-state index in [0.29, 0.717) is 13.0 Å². The third-order valence-electron chi connectivity index (χ3n) is 3.94. The van der Waals surface area contributed by atoms with E-state index < -0.39 is 0 Å². The van der Waals surface area contributed by atoms with Crippen LogP contribution in [0.1, 0.15) is 29.5 Å². The number of hydrogen-bond acceptors (Lipinski definition) is 2. The number of nitrogens with one attached hydrogen (secondary N) is 1. The van der Waals surface area contributed by atoms with Gasteiger partial charge in [0, 0.05) is 5.69 Å². The molecule has 1 aliphatic rings. The molecule has 0 fully saturated rings. The Kier molecular flexibility index (Phi) is 3.65. The van der Waals surface area contributed by atoms with E-state index in [1.807, 2.05) is 56.3 Å². The number of hydrogen-bond donors (Lipinski definition) is 1. The van der Waals surface area contributed by atoms with Gasteiger partial charge in [0.2, 0.25) is 5.91 Å². The van der Waals surface area contributed by atoms with E-state index in [4.69, 9.17) is 4.74 Å². The second-order valence-corrected chi connectivity index (χ2v) is 5.33. The Labute approximate surface area is 124 Å². The molecule has 21 heavy (non-hydrogen) atoms. The van der Waals surface area contributed by atoms with Gasteiger partial charge in [0.25, 0.3) is 0 Å². The maximum absolute atomic E-state index is 12.3. The first-order valence-corrected chi connectivity index (χ1v) is 7.31. The number of amides is 1. The average molecular weight is 281 g/mol. The second-order valence-electron chi connectivity index (χ2n) is 5.33. The summed E-state index contributed by atoms with van der Waals surface area (Å²) >= 11 is 0. The SMILES string of the molecule is CCOc1ccccc1C[C@@H]1C(=O)Nc2c(C)cccc21. The number of aryl methyl sites for hydroxylation is 1. The molecule has 3 nitrogen and oxygen atoms in total. The van der Waals surface area contributed by atoms with Crippen molar-refractivity contribution in [3.8, 4) is 5.75 Å². The molecule has 1 atom stereocenters. The Balaban J connectivity index is 1.93. The van der Waals surface area contributed by atoms with Crippen molar-refractivity contribution in [3.63, 3.8) is 0 Å². The molecule has 1 heterocycles. The first kappa shape index (κ1) is 13.7. The zero-order valence-corrected chi connectivity index (χ0v) is 12.3. The van der Waals surface area contributed by atoms with Gasteiger partial charge in [-0.15, -0.1) is 0 Å². The molecule has 0 saturated carbocycles. The highest BCUT2D eigenvalue weighted by atomic mass is 16.5. The average Bonchev–Trinajstić information content (AvgIpc) is 2.80. The Morgan fingerprint density at radius 2 is 1.95 bits per heavy atom. The number of fused-ring (bicyclic) bond motifs is 1. The fraction of sp³-hybridized carbons (Fsp3) is 0.278. The van der Waals surface area contributed by atoms with Crippen molar-refractivity contribution in [3.05, 3.63) is 59.2 Å². The maximum atomic E-state index is 12.3. The van der Waals surface area contributed by atoms with Crippen LogP contribution in [-0.4, -0.2) is 12.5 Å². The number of carbonyl (C=O) groups is 1. The van der Waals surface area contributed by atoms with E-state index in [0.717, 1.165) is 28.1 Å². The van der Waals surface area contributed by atoms with E-state index in [2.05, 4.69) is 5.32 Å². The molecule has 3 rings (SSSR count). The van der Waals surface area contributed by atoms with Crippen LogP contribution in [0, 0.1) is 6.92 Å². The highest BCUT2D eigenvalue weighted by Gasteiger charge is 2.31. The van der Waals surface area contributed by atoms with Gasteiger partial charge in [0.1, 0.15) is 5.75 Å². The lowest BCUT2D eigenvalue weighted by atomic mass is 9.92. The fourth-order valence-corrected chi connectivity index (χ4v) is 2.89. The van der Waals surface area contributed by atoms with Crippen molar-refractivity contribution in [2.24, 2.45) is 0 Å². The van der Waals surface area contributed by atoms with Crippen LogP contribution in [-0.2, 0) is 11.2 Å². The summed E-state index contributed by atoms with van der Waals surface area (Å²) in [6, 6.07) is 14.0.